The van der Waals surface area contributed by atoms with Crippen LogP contribution in [0.1, 0.15) is 13.3 Å². The van der Waals surface area contributed by atoms with E-state index in [1.54, 1.807) is 0 Å². The molecule has 0 atom stereocenters. The number of phenolic OH excluding ortho intramolecular Hbond substituents is 1. The molecular weight excluding hydrogens is 308 g/mol. The highest BCUT2D eigenvalue weighted by atomic mass is 16.5. The molecule has 0 bridgehead atoms. The van der Waals surface area contributed by atoms with Gasteiger partial charge in [-0.25, -0.2) is 0 Å². The van der Waals surface area contributed by atoms with Gasteiger partial charge >= 0.3 is 0 Å². The Morgan fingerprint density at radius 1 is 0.800 bits per heavy atom. The summed E-state index contributed by atoms with van der Waals surface area (Å²) in [7, 11) is 0. The van der Waals surface area contributed by atoms with Crippen molar-refractivity contribution in [3.63, 3.8) is 0 Å². The Kier molecular flexibility index (Phi) is 4.02. The minimum absolute atomic E-state index is 0.212. The van der Waals surface area contributed by atoms with E-state index in [-0.39, 0.29) is 5.75 Å². The molecule has 0 aliphatic heterocycles. The number of hydrogen-bond acceptors (Lipinski definition) is 2. The average molecular weight is 328 g/mol. The molecule has 0 heterocycles. The van der Waals surface area contributed by atoms with Crippen LogP contribution < -0.4 is 4.74 Å². The molecule has 0 saturated carbocycles. The molecule has 0 amide bonds. The van der Waals surface area contributed by atoms with Crippen LogP contribution in [0.2, 0.25) is 0 Å². The molecule has 0 radical (unpaired) electrons. The summed E-state index contributed by atoms with van der Waals surface area (Å²) >= 11 is 0. The fourth-order valence-corrected chi connectivity index (χ4v) is 3.35. The Hall–Kier alpha value is -3.00. The molecule has 4 rings (SSSR count). The van der Waals surface area contributed by atoms with Crippen molar-refractivity contribution in [2.75, 3.05) is 6.61 Å². The van der Waals surface area contributed by atoms with E-state index in [4.69, 9.17) is 4.74 Å². The largest absolute Gasteiger partial charge is 0.504 e. The van der Waals surface area contributed by atoms with Crippen molar-refractivity contribution in [3.05, 3.63) is 72.8 Å². The molecule has 25 heavy (non-hydrogen) atoms. The van der Waals surface area contributed by atoms with Crippen LogP contribution in [0, 0.1) is 0 Å². The molecule has 0 aliphatic carbocycles. The van der Waals surface area contributed by atoms with Crippen molar-refractivity contribution in [1.29, 1.82) is 0 Å². The van der Waals surface area contributed by atoms with Gasteiger partial charge in [0.1, 0.15) is 0 Å². The molecule has 0 saturated heterocycles. The molecule has 0 unspecified atom stereocenters. The second-order valence-electron chi connectivity index (χ2n) is 6.19. The van der Waals surface area contributed by atoms with Crippen molar-refractivity contribution < 1.29 is 9.84 Å². The van der Waals surface area contributed by atoms with Crippen LogP contribution in [0.5, 0.6) is 11.5 Å². The van der Waals surface area contributed by atoms with Crippen LogP contribution in [0.3, 0.4) is 0 Å². The van der Waals surface area contributed by atoms with Gasteiger partial charge in [0.25, 0.3) is 0 Å². The first kappa shape index (κ1) is 15.5. The van der Waals surface area contributed by atoms with E-state index < -0.39 is 0 Å². The molecular formula is C23H20O2. The zero-order valence-electron chi connectivity index (χ0n) is 14.2. The monoisotopic (exact) mass is 328 g/mol. The highest BCUT2D eigenvalue weighted by molar-refractivity contribution is 6.08. The zero-order chi connectivity index (χ0) is 17.2. The Balaban J connectivity index is 2.07. The molecule has 0 aromatic heterocycles. The lowest BCUT2D eigenvalue weighted by Crippen LogP contribution is -1.97. The maximum atomic E-state index is 11.0. The molecule has 1 N–H and O–H groups in total. The third kappa shape index (κ3) is 2.70. The first-order valence-corrected chi connectivity index (χ1v) is 8.65. The van der Waals surface area contributed by atoms with Gasteiger partial charge < -0.3 is 9.84 Å². The van der Waals surface area contributed by atoms with Crippen LogP contribution in [0.15, 0.2) is 72.8 Å². The first-order chi connectivity index (χ1) is 12.3. The Bertz CT molecular complexity index is 1050. The normalized spacial score (nSPS) is 11.1. The number of benzene rings is 4. The van der Waals surface area contributed by atoms with E-state index in [0.717, 1.165) is 39.1 Å². The van der Waals surface area contributed by atoms with Gasteiger partial charge in [0, 0.05) is 5.56 Å². The number of hydrogen-bond donors (Lipinski definition) is 1. The summed E-state index contributed by atoms with van der Waals surface area (Å²) in [4.78, 5) is 0. The topological polar surface area (TPSA) is 29.5 Å². The molecule has 0 aliphatic rings. The average Bonchev–Trinajstić information content (AvgIpc) is 2.66. The quantitative estimate of drug-likeness (QED) is 0.486. The van der Waals surface area contributed by atoms with E-state index in [2.05, 4.69) is 43.3 Å². The fourth-order valence-electron chi connectivity index (χ4n) is 3.35. The Morgan fingerprint density at radius 3 is 2.28 bits per heavy atom. The van der Waals surface area contributed by atoms with Crippen molar-refractivity contribution in [2.45, 2.75) is 13.3 Å². The highest BCUT2D eigenvalue weighted by Crippen LogP contribution is 2.45. The smallest absolute Gasteiger partial charge is 0.166 e. The summed E-state index contributed by atoms with van der Waals surface area (Å²) in [6.07, 6.45) is 0.899. The zero-order valence-corrected chi connectivity index (χ0v) is 14.2. The summed E-state index contributed by atoms with van der Waals surface area (Å²) in [5.74, 6) is 0.756. The second-order valence-corrected chi connectivity index (χ2v) is 6.19. The van der Waals surface area contributed by atoms with E-state index >= 15 is 0 Å². The van der Waals surface area contributed by atoms with E-state index in [9.17, 15) is 5.11 Å². The van der Waals surface area contributed by atoms with E-state index in [0.29, 0.717) is 12.4 Å². The van der Waals surface area contributed by atoms with Crippen LogP contribution in [0.4, 0.5) is 0 Å². The molecule has 4 aromatic carbocycles. The van der Waals surface area contributed by atoms with Crippen molar-refractivity contribution in [3.8, 4) is 22.6 Å². The van der Waals surface area contributed by atoms with Gasteiger partial charge in [-0.3, -0.25) is 0 Å². The maximum absolute atomic E-state index is 11.0. The van der Waals surface area contributed by atoms with Gasteiger partial charge in [0.2, 0.25) is 0 Å². The summed E-state index contributed by atoms with van der Waals surface area (Å²) < 4.78 is 5.82. The molecule has 0 spiro atoms. The third-order valence-corrected chi connectivity index (χ3v) is 4.51. The number of aromatic hydroxyl groups is 1. The summed E-state index contributed by atoms with van der Waals surface area (Å²) in [6, 6.07) is 24.5. The van der Waals surface area contributed by atoms with Crippen LogP contribution in [0.25, 0.3) is 32.7 Å². The van der Waals surface area contributed by atoms with Gasteiger partial charge in [0.15, 0.2) is 11.5 Å². The van der Waals surface area contributed by atoms with Gasteiger partial charge in [-0.05, 0) is 39.6 Å². The third-order valence-electron chi connectivity index (χ3n) is 4.51. The van der Waals surface area contributed by atoms with Crippen molar-refractivity contribution in [2.24, 2.45) is 0 Å². The predicted molar refractivity (Wildman–Crippen MR) is 104 cm³/mol. The lowest BCUT2D eigenvalue weighted by molar-refractivity contribution is 0.300. The Morgan fingerprint density at radius 2 is 1.48 bits per heavy atom. The van der Waals surface area contributed by atoms with E-state index in [1.165, 1.54) is 0 Å². The van der Waals surface area contributed by atoms with Crippen LogP contribution in [-0.4, -0.2) is 11.7 Å². The molecule has 2 heteroatoms. The van der Waals surface area contributed by atoms with Gasteiger partial charge in [0.05, 0.1) is 6.61 Å². The molecule has 4 aromatic rings. The van der Waals surface area contributed by atoms with Crippen LogP contribution in [-0.2, 0) is 0 Å². The molecule has 0 fully saturated rings. The Labute approximate surface area is 147 Å². The molecule has 124 valence electrons. The standard InChI is InChI=1S/C23H20O2/c1-2-14-25-21-15-17-9-4-6-12-19(17)22(23(21)24)20-13-7-10-16-8-3-5-11-18(16)20/h3-13,15,24H,2,14H2,1H3. The second kappa shape index (κ2) is 6.48. The van der Waals surface area contributed by atoms with Crippen molar-refractivity contribution in [1.82, 2.24) is 0 Å². The van der Waals surface area contributed by atoms with Crippen LogP contribution >= 0.6 is 0 Å². The minimum atomic E-state index is 0.212. The van der Waals surface area contributed by atoms with Gasteiger partial charge in [-0.1, -0.05) is 73.7 Å². The van der Waals surface area contributed by atoms with Gasteiger partial charge in [-0.15, -0.1) is 0 Å². The highest BCUT2D eigenvalue weighted by Gasteiger charge is 2.17. The lowest BCUT2D eigenvalue weighted by Gasteiger charge is -2.16. The summed E-state index contributed by atoms with van der Waals surface area (Å²) in [5, 5.41) is 15.4. The summed E-state index contributed by atoms with van der Waals surface area (Å²) in [5.41, 5.74) is 1.86. The lowest BCUT2D eigenvalue weighted by atomic mass is 9.93. The van der Waals surface area contributed by atoms with Crippen molar-refractivity contribution >= 4 is 21.5 Å². The number of rotatable bonds is 4. The van der Waals surface area contributed by atoms with Gasteiger partial charge in [-0.2, -0.15) is 0 Å². The molecule has 2 nitrogen and oxygen atoms in total. The fraction of sp³-hybridized carbons (Fsp3) is 0.130. The van der Waals surface area contributed by atoms with E-state index in [1.807, 2.05) is 36.4 Å². The first-order valence-electron chi connectivity index (χ1n) is 8.65. The number of ether oxygens (including phenoxy) is 1. The number of fused-ring (bicyclic) bond motifs is 2. The summed E-state index contributed by atoms with van der Waals surface area (Å²) in [6.45, 7) is 2.64. The number of phenols is 1. The minimum Gasteiger partial charge on any atom is -0.504 e. The SMILES string of the molecule is CCCOc1cc2ccccc2c(-c2cccc3ccccc23)c1O. The maximum Gasteiger partial charge on any atom is 0.166 e. The predicted octanol–water partition coefficient (Wildman–Crippen LogP) is 6.15.